The Balaban J connectivity index is 1.96. The monoisotopic (exact) mass is 397 g/mol. The van der Waals surface area contributed by atoms with Crippen molar-refractivity contribution in [1.82, 2.24) is 0 Å². The van der Waals surface area contributed by atoms with Crippen LogP contribution in [-0.2, 0) is 14.3 Å². The normalized spacial score (nSPS) is 11.9. The van der Waals surface area contributed by atoms with Gasteiger partial charge in [0.05, 0.1) is 14.2 Å². The van der Waals surface area contributed by atoms with Crippen LogP contribution in [0.3, 0.4) is 0 Å². The molecule has 0 saturated heterocycles. The molecule has 0 saturated carbocycles. The molecule has 6 heteroatoms. The molecule has 6 nitrogen and oxygen atoms in total. The minimum absolute atomic E-state index is 0.400. The van der Waals surface area contributed by atoms with E-state index in [1.807, 2.05) is 24.3 Å². The molecule has 29 heavy (non-hydrogen) atoms. The number of hydrogen-bond donors (Lipinski definition) is 1. The first kappa shape index (κ1) is 22.0. The number of anilines is 1. The molecule has 0 fully saturated rings. The van der Waals surface area contributed by atoms with Gasteiger partial charge in [-0.05, 0) is 42.7 Å². The van der Waals surface area contributed by atoms with Crippen LogP contribution >= 0.6 is 0 Å². The van der Waals surface area contributed by atoms with E-state index in [0.29, 0.717) is 28.7 Å². The Morgan fingerprint density at radius 1 is 0.966 bits per heavy atom. The van der Waals surface area contributed by atoms with E-state index in [4.69, 9.17) is 14.2 Å². The average Bonchev–Trinajstić information content (AvgIpc) is 2.72. The summed E-state index contributed by atoms with van der Waals surface area (Å²) in [6, 6.07) is 12.9. The van der Waals surface area contributed by atoms with Crippen LogP contribution in [0, 0.1) is 0 Å². The minimum Gasteiger partial charge on any atom is -0.493 e. The highest BCUT2D eigenvalue weighted by Crippen LogP contribution is 2.31. The summed E-state index contributed by atoms with van der Waals surface area (Å²) in [4.78, 5) is 24.4. The van der Waals surface area contributed by atoms with Gasteiger partial charge in [-0.1, -0.05) is 38.1 Å². The third kappa shape index (κ3) is 6.10. The standard InChI is InChI=1S/C23H27NO5/c1-15(2)17-9-12-19(13-10-17)24-23(26)16(3)29-21(25)14-11-18-7-6-8-20(27-4)22(18)28-5/h6-16H,1-5H3,(H,24,26)/b14-11+/t16-/m1/s1. The van der Waals surface area contributed by atoms with Crippen LogP contribution in [-0.4, -0.2) is 32.2 Å². The molecule has 0 radical (unpaired) electrons. The summed E-state index contributed by atoms with van der Waals surface area (Å²) >= 11 is 0. The number of rotatable bonds is 8. The van der Waals surface area contributed by atoms with E-state index in [1.165, 1.54) is 32.8 Å². The molecule has 1 atom stereocenters. The van der Waals surface area contributed by atoms with Gasteiger partial charge >= 0.3 is 5.97 Å². The van der Waals surface area contributed by atoms with Crippen LogP contribution in [0.25, 0.3) is 6.08 Å². The van der Waals surface area contributed by atoms with Crippen LogP contribution in [0.2, 0.25) is 0 Å². The molecular formula is C23H27NO5. The van der Waals surface area contributed by atoms with Crippen molar-refractivity contribution in [1.29, 1.82) is 0 Å². The van der Waals surface area contributed by atoms with E-state index in [0.717, 1.165) is 0 Å². The van der Waals surface area contributed by atoms with Crippen molar-refractivity contribution in [2.45, 2.75) is 32.8 Å². The Morgan fingerprint density at radius 2 is 1.66 bits per heavy atom. The quantitative estimate of drug-likeness (QED) is 0.528. The van der Waals surface area contributed by atoms with Crippen molar-refractivity contribution in [3.05, 3.63) is 59.7 Å². The van der Waals surface area contributed by atoms with Crippen molar-refractivity contribution >= 4 is 23.6 Å². The zero-order valence-corrected chi connectivity index (χ0v) is 17.4. The van der Waals surface area contributed by atoms with Crippen LogP contribution < -0.4 is 14.8 Å². The molecule has 2 aromatic rings. The number of para-hydroxylation sites is 1. The second-order valence-electron chi connectivity index (χ2n) is 6.76. The van der Waals surface area contributed by atoms with Gasteiger partial charge in [0, 0.05) is 17.3 Å². The fourth-order valence-electron chi connectivity index (χ4n) is 2.66. The van der Waals surface area contributed by atoms with E-state index in [1.54, 1.807) is 24.3 Å². The number of benzene rings is 2. The second kappa shape index (κ2) is 10.3. The summed E-state index contributed by atoms with van der Waals surface area (Å²) in [7, 11) is 3.06. The number of carbonyl (C=O) groups is 2. The lowest BCUT2D eigenvalue weighted by atomic mass is 10.0. The highest BCUT2D eigenvalue weighted by atomic mass is 16.5. The molecule has 154 valence electrons. The molecule has 0 heterocycles. The van der Waals surface area contributed by atoms with Crippen LogP contribution in [0.15, 0.2) is 48.5 Å². The Hall–Kier alpha value is -3.28. The molecule has 1 N–H and O–H groups in total. The van der Waals surface area contributed by atoms with E-state index in [2.05, 4.69) is 19.2 Å². The van der Waals surface area contributed by atoms with Gasteiger partial charge in [-0.3, -0.25) is 4.79 Å². The number of methoxy groups -OCH3 is 2. The smallest absolute Gasteiger partial charge is 0.331 e. The number of hydrogen-bond acceptors (Lipinski definition) is 5. The van der Waals surface area contributed by atoms with E-state index >= 15 is 0 Å². The van der Waals surface area contributed by atoms with Crippen molar-refractivity contribution in [2.24, 2.45) is 0 Å². The van der Waals surface area contributed by atoms with Gasteiger partial charge in [-0.25, -0.2) is 4.79 Å². The fourth-order valence-corrected chi connectivity index (χ4v) is 2.66. The Morgan fingerprint density at radius 3 is 2.24 bits per heavy atom. The predicted octanol–water partition coefficient (Wildman–Crippen LogP) is 4.41. The predicted molar refractivity (Wildman–Crippen MR) is 113 cm³/mol. The number of amides is 1. The second-order valence-corrected chi connectivity index (χ2v) is 6.76. The molecule has 2 rings (SSSR count). The molecule has 0 aromatic heterocycles. The average molecular weight is 397 g/mol. The molecule has 0 unspecified atom stereocenters. The van der Waals surface area contributed by atoms with Gasteiger partial charge in [0.2, 0.25) is 0 Å². The van der Waals surface area contributed by atoms with Crippen LogP contribution in [0.5, 0.6) is 11.5 Å². The lowest BCUT2D eigenvalue weighted by molar-refractivity contribution is -0.148. The zero-order valence-electron chi connectivity index (χ0n) is 17.4. The summed E-state index contributed by atoms with van der Waals surface area (Å²) in [6.45, 7) is 5.73. The first-order valence-corrected chi connectivity index (χ1v) is 9.36. The maximum atomic E-state index is 12.3. The topological polar surface area (TPSA) is 73.9 Å². The van der Waals surface area contributed by atoms with Gasteiger partial charge in [-0.15, -0.1) is 0 Å². The third-order valence-electron chi connectivity index (χ3n) is 4.34. The molecule has 2 aromatic carbocycles. The van der Waals surface area contributed by atoms with Crippen molar-refractivity contribution in [2.75, 3.05) is 19.5 Å². The largest absolute Gasteiger partial charge is 0.493 e. The maximum absolute atomic E-state index is 12.3. The van der Waals surface area contributed by atoms with Gasteiger partial charge in [-0.2, -0.15) is 0 Å². The zero-order chi connectivity index (χ0) is 21.4. The lowest BCUT2D eigenvalue weighted by Crippen LogP contribution is -2.29. The SMILES string of the molecule is COc1cccc(/C=C/C(=O)O[C@H](C)C(=O)Nc2ccc(C(C)C)cc2)c1OC. The van der Waals surface area contributed by atoms with Crippen molar-refractivity contribution in [3.8, 4) is 11.5 Å². The molecule has 0 aliphatic heterocycles. The van der Waals surface area contributed by atoms with E-state index in [9.17, 15) is 9.59 Å². The minimum atomic E-state index is -0.941. The molecule has 0 bridgehead atoms. The van der Waals surface area contributed by atoms with Gasteiger partial charge < -0.3 is 19.5 Å². The number of esters is 1. The van der Waals surface area contributed by atoms with Gasteiger partial charge in [0.15, 0.2) is 17.6 Å². The number of carbonyl (C=O) groups excluding carboxylic acids is 2. The Labute approximate surface area is 171 Å². The molecule has 0 aliphatic rings. The molecule has 1 amide bonds. The maximum Gasteiger partial charge on any atom is 0.331 e. The highest BCUT2D eigenvalue weighted by Gasteiger charge is 2.17. The molecular weight excluding hydrogens is 370 g/mol. The molecule has 0 aliphatic carbocycles. The van der Waals surface area contributed by atoms with E-state index in [-0.39, 0.29) is 0 Å². The van der Waals surface area contributed by atoms with Crippen molar-refractivity contribution < 1.29 is 23.8 Å². The molecule has 0 spiro atoms. The van der Waals surface area contributed by atoms with E-state index < -0.39 is 18.0 Å². The van der Waals surface area contributed by atoms with Crippen LogP contribution in [0.4, 0.5) is 5.69 Å². The van der Waals surface area contributed by atoms with Crippen LogP contribution in [0.1, 0.15) is 37.8 Å². The van der Waals surface area contributed by atoms with Crippen molar-refractivity contribution in [3.63, 3.8) is 0 Å². The number of ether oxygens (including phenoxy) is 3. The summed E-state index contributed by atoms with van der Waals surface area (Å²) in [5.74, 6) is 0.444. The summed E-state index contributed by atoms with van der Waals surface area (Å²) in [6.07, 6.45) is 1.86. The highest BCUT2D eigenvalue weighted by molar-refractivity contribution is 5.96. The lowest BCUT2D eigenvalue weighted by Gasteiger charge is -2.13. The Kier molecular flexibility index (Phi) is 7.83. The first-order chi connectivity index (χ1) is 13.8. The Bertz CT molecular complexity index is 871. The first-order valence-electron chi connectivity index (χ1n) is 9.36. The van der Waals surface area contributed by atoms with Gasteiger partial charge in [0.25, 0.3) is 5.91 Å². The third-order valence-corrected chi connectivity index (χ3v) is 4.34. The van der Waals surface area contributed by atoms with Gasteiger partial charge in [0.1, 0.15) is 0 Å². The number of nitrogens with one attached hydrogen (secondary N) is 1. The summed E-state index contributed by atoms with van der Waals surface area (Å²) in [5.41, 5.74) is 2.49. The summed E-state index contributed by atoms with van der Waals surface area (Å²) < 4.78 is 15.7. The summed E-state index contributed by atoms with van der Waals surface area (Å²) in [5, 5.41) is 2.74. The fraction of sp³-hybridized carbons (Fsp3) is 0.304.